The number of hydrogen-bond acceptors (Lipinski definition) is 1. The van der Waals surface area contributed by atoms with Crippen LogP contribution in [-0.2, 0) is 4.79 Å². The third kappa shape index (κ3) is 2.34. The van der Waals surface area contributed by atoms with Crippen LogP contribution in [0.2, 0.25) is 0 Å². The van der Waals surface area contributed by atoms with E-state index >= 15 is 0 Å². The van der Waals surface area contributed by atoms with Crippen LogP contribution in [0.3, 0.4) is 0 Å². The smallest absolute Gasteiger partial charge is 0.140 e. The molecule has 0 radical (unpaired) electrons. The van der Waals surface area contributed by atoms with Crippen molar-refractivity contribution in [2.45, 2.75) is 44.9 Å². The van der Waals surface area contributed by atoms with Gasteiger partial charge in [0.05, 0.1) is 0 Å². The van der Waals surface area contributed by atoms with Crippen molar-refractivity contribution in [2.75, 3.05) is 0 Å². The molecule has 0 heterocycles. The lowest BCUT2D eigenvalue weighted by molar-refractivity contribution is -0.127. The molecule has 1 fully saturated rings. The molecule has 118 valence electrons. The van der Waals surface area contributed by atoms with Crippen LogP contribution in [0.25, 0.3) is 0 Å². The maximum Gasteiger partial charge on any atom is 0.140 e. The van der Waals surface area contributed by atoms with Crippen LogP contribution in [0, 0.1) is 11.3 Å². The van der Waals surface area contributed by atoms with Crippen LogP contribution in [0.15, 0.2) is 54.6 Å². The average molecular weight is 304 g/mol. The minimum absolute atomic E-state index is 0.106. The Kier molecular flexibility index (Phi) is 3.41. The minimum atomic E-state index is 0.106. The van der Waals surface area contributed by atoms with Crippen molar-refractivity contribution in [2.24, 2.45) is 11.3 Å². The summed E-state index contributed by atoms with van der Waals surface area (Å²) < 4.78 is 0. The Bertz CT molecular complexity index is 729. The van der Waals surface area contributed by atoms with Crippen LogP contribution in [0.1, 0.15) is 61.6 Å². The van der Waals surface area contributed by atoms with Crippen molar-refractivity contribution in [3.8, 4) is 0 Å². The predicted molar refractivity (Wildman–Crippen MR) is 93.6 cm³/mol. The molecule has 1 saturated carbocycles. The lowest BCUT2D eigenvalue weighted by atomic mass is 9.54. The molecule has 0 aliphatic heterocycles. The molecule has 2 aliphatic carbocycles. The van der Waals surface area contributed by atoms with Gasteiger partial charge in [-0.15, -0.1) is 0 Å². The Morgan fingerprint density at radius 2 is 1.57 bits per heavy atom. The first-order chi connectivity index (χ1) is 11.1. The molecule has 4 rings (SSSR count). The Labute approximate surface area is 138 Å². The van der Waals surface area contributed by atoms with Crippen molar-refractivity contribution in [1.29, 1.82) is 0 Å². The molecule has 0 bridgehead atoms. The number of Topliss-reactive ketones (excluding diaryl/α,β-unsaturated/α-hetero) is 1. The fourth-order valence-corrected chi connectivity index (χ4v) is 4.80. The fraction of sp³-hybridized carbons (Fsp3) is 0.409. The molecule has 1 nitrogen and oxygen atoms in total. The van der Waals surface area contributed by atoms with Crippen LogP contribution in [0.5, 0.6) is 0 Å². The summed E-state index contributed by atoms with van der Waals surface area (Å²) in [5, 5.41) is 0. The number of fused-ring (bicyclic) bond motifs is 3. The molecule has 3 atom stereocenters. The summed E-state index contributed by atoms with van der Waals surface area (Å²) in [5.41, 5.74) is 4.27. The molecule has 0 N–H and O–H groups in total. The van der Waals surface area contributed by atoms with E-state index in [0.717, 1.165) is 19.3 Å². The van der Waals surface area contributed by atoms with Gasteiger partial charge in [0.2, 0.25) is 0 Å². The van der Waals surface area contributed by atoms with Gasteiger partial charge in [0.15, 0.2) is 0 Å². The van der Waals surface area contributed by atoms with E-state index in [-0.39, 0.29) is 11.3 Å². The van der Waals surface area contributed by atoms with E-state index in [2.05, 4.69) is 68.4 Å². The topological polar surface area (TPSA) is 17.1 Å². The zero-order valence-electron chi connectivity index (χ0n) is 14.0. The molecule has 0 unspecified atom stereocenters. The molecular formula is C22H24O. The predicted octanol–water partition coefficient (Wildman–Crippen LogP) is 5.31. The Hall–Kier alpha value is -1.89. The van der Waals surface area contributed by atoms with Gasteiger partial charge in [-0.3, -0.25) is 4.79 Å². The summed E-state index contributed by atoms with van der Waals surface area (Å²) in [6.45, 7) is 4.71. The Morgan fingerprint density at radius 1 is 0.913 bits per heavy atom. The highest BCUT2D eigenvalue weighted by molar-refractivity contribution is 5.88. The van der Waals surface area contributed by atoms with E-state index in [9.17, 15) is 4.79 Å². The highest BCUT2D eigenvalue weighted by atomic mass is 16.1. The van der Waals surface area contributed by atoms with Crippen LogP contribution < -0.4 is 0 Å². The summed E-state index contributed by atoms with van der Waals surface area (Å²) in [4.78, 5) is 12.7. The van der Waals surface area contributed by atoms with Gasteiger partial charge in [0.25, 0.3) is 0 Å². The molecular weight excluding hydrogens is 280 g/mol. The average Bonchev–Trinajstić information content (AvgIpc) is 2.58. The van der Waals surface area contributed by atoms with Gasteiger partial charge in [-0.1, -0.05) is 68.4 Å². The quantitative estimate of drug-likeness (QED) is 0.697. The summed E-state index contributed by atoms with van der Waals surface area (Å²) in [6.07, 6.45) is 2.85. The van der Waals surface area contributed by atoms with Crippen LogP contribution in [-0.4, -0.2) is 5.78 Å². The first-order valence-corrected chi connectivity index (χ1v) is 8.74. The van der Waals surface area contributed by atoms with E-state index in [1.807, 2.05) is 0 Å². The lowest BCUT2D eigenvalue weighted by Gasteiger charge is -2.48. The standard InChI is InChI=1S/C22H24O/c1-22(2)13-12-20(23)21-17-11-7-6-10-16(17)18(14-19(21)22)15-8-4-3-5-9-15/h3-11,18-19,21H,12-14H2,1-2H3/t18-,19+,21-/m0/s1. The fourth-order valence-electron chi connectivity index (χ4n) is 4.80. The van der Waals surface area contributed by atoms with Crippen LogP contribution in [0.4, 0.5) is 0 Å². The van der Waals surface area contributed by atoms with E-state index in [1.54, 1.807) is 0 Å². The van der Waals surface area contributed by atoms with E-state index in [4.69, 9.17) is 0 Å². The normalized spacial score (nSPS) is 28.8. The summed E-state index contributed by atoms with van der Waals surface area (Å²) >= 11 is 0. The Morgan fingerprint density at radius 3 is 2.30 bits per heavy atom. The second kappa shape index (κ2) is 5.33. The summed E-state index contributed by atoms with van der Waals surface area (Å²) in [6, 6.07) is 19.4. The van der Waals surface area contributed by atoms with Crippen molar-refractivity contribution >= 4 is 5.78 Å². The second-order valence-electron chi connectivity index (χ2n) is 7.87. The third-order valence-corrected chi connectivity index (χ3v) is 6.17. The highest BCUT2D eigenvalue weighted by Gasteiger charge is 2.48. The van der Waals surface area contributed by atoms with Gasteiger partial charge >= 0.3 is 0 Å². The van der Waals surface area contributed by atoms with Crippen molar-refractivity contribution in [1.82, 2.24) is 0 Å². The van der Waals surface area contributed by atoms with Gasteiger partial charge in [0, 0.05) is 18.3 Å². The molecule has 2 aliphatic rings. The number of benzene rings is 2. The zero-order valence-corrected chi connectivity index (χ0v) is 14.0. The molecule has 0 spiro atoms. The van der Waals surface area contributed by atoms with E-state index in [1.165, 1.54) is 16.7 Å². The van der Waals surface area contributed by atoms with Crippen molar-refractivity contribution in [3.63, 3.8) is 0 Å². The summed E-state index contributed by atoms with van der Waals surface area (Å²) in [5.74, 6) is 1.42. The number of hydrogen-bond donors (Lipinski definition) is 0. The van der Waals surface area contributed by atoms with Crippen LogP contribution >= 0.6 is 0 Å². The summed E-state index contributed by atoms with van der Waals surface area (Å²) in [7, 11) is 0. The minimum Gasteiger partial charge on any atom is -0.299 e. The SMILES string of the molecule is CC1(C)CCC(=O)[C@H]2c3ccccc3[C@H](c3ccccc3)C[C@H]21. The first-order valence-electron chi connectivity index (χ1n) is 8.74. The Balaban J connectivity index is 1.88. The number of rotatable bonds is 1. The molecule has 23 heavy (non-hydrogen) atoms. The first kappa shape index (κ1) is 14.7. The van der Waals surface area contributed by atoms with Gasteiger partial charge in [-0.2, -0.15) is 0 Å². The maximum absolute atomic E-state index is 12.7. The zero-order chi connectivity index (χ0) is 16.0. The molecule has 2 aromatic carbocycles. The molecule has 2 aromatic rings. The third-order valence-electron chi connectivity index (χ3n) is 6.17. The molecule has 0 saturated heterocycles. The monoisotopic (exact) mass is 304 g/mol. The van der Waals surface area contributed by atoms with E-state index in [0.29, 0.717) is 17.6 Å². The van der Waals surface area contributed by atoms with Gasteiger partial charge in [-0.05, 0) is 40.9 Å². The van der Waals surface area contributed by atoms with Gasteiger partial charge in [-0.25, -0.2) is 0 Å². The van der Waals surface area contributed by atoms with Crippen molar-refractivity contribution in [3.05, 3.63) is 71.3 Å². The second-order valence-corrected chi connectivity index (χ2v) is 7.87. The number of carbonyl (C=O) groups is 1. The van der Waals surface area contributed by atoms with Gasteiger partial charge in [0.1, 0.15) is 5.78 Å². The van der Waals surface area contributed by atoms with Crippen molar-refractivity contribution < 1.29 is 4.79 Å². The maximum atomic E-state index is 12.7. The largest absolute Gasteiger partial charge is 0.299 e. The highest BCUT2D eigenvalue weighted by Crippen LogP contribution is 2.56. The molecule has 0 aromatic heterocycles. The molecule has 0 amide bonds. The number of carbonyl (C=O) groups excluding carboxylic acids is 1. The lowest BCUT2D eigenvalue weighted by Crippen LogP contribution is -2.42. The number of ketones is 1. The van der Waals surface area contributed by atoms with Gasteiger partial charge < -0.3 is 0 Å². The van der Waals surface area contributed by atoms with E-state index < -0.39 is 0 Å². The molecule has 1 heteroatoms.